The molecule has 1 heterocycles. The zero-order chi connectivity index (χ0) is 14.8. The lowest BCUT2D eigenvalue weighted by atomic mass is 9.87. The van der Waals surface area contributed by atoms with Crippen LogP contribution in [0.4, 0.5) is 8.78 Å². The summed E-state index contributed by atoms with van der Waals surface area (Å²) in [4.78, 5) is 12.3. The van der Waals surface area contributed by atoms with Crippen LogP contribution < -0.4 is 4.74 Å². The molecule has 1 atom stereocenters. The summed E-state index contributed by atoms with van der Waals surface area (Å²) in [6.07, 6.45) is 1.01. The van der Waals surface area contributed by atoms with Crippen LogP contribution in [0.5, 0.6) is 5.75 Å². The first-order chi connectivity index (χ1) is 10.1. The first-order valence-electron chi connectivity index (χ1n) is 6.85. The van der Waals surface area contributed by atoms with Crippen LogP contribution in [-0.2, 0) is 0 Å². The highest BCUT2D eigenvalue weighted by atomic mass is 19.2. The molecule has 3 rings (SSSR count). The summed E-state index contributed by atoms with van der Waals surface area (Å²) < 4.78 is 31.7. The second kappa shape index (κ2) is 5.64. The fraction of sp³-hybridized carbons (Fsp3) is 0.235. The van der Waals surface area contributed by atoms with E-state index in [0.29, 0.717) is 6.61 Å². The number of hydrogen-bond donors (Lipinski definition) is 0. The molecule has 0 saturated heterocycles. The van der Waals surface area contributed by atoms with Crippen LogP contribution in [0.3, 0.4) is 0 Å². The van der Waals surface area contributed by atoms with Crippen LogP contribution in [0, 0.1) is 11.6 Å². The van der Waals surface area contributed by atoms with Gasteiger partial charge in [0.05, 0.1) is 6.61 Å². The smallest absolute Gasteiger partial charge is 0.163 e. The topological polar surface area (TPSA) is 26.3 Å². The molecule has 1 aliphatic rings. The fourth-order valence-electron chi connectivity index (χ4n) is 2.64. The van der Waals surface area contributed by atoms with E-state index in [2.05, 4.69) is 0 Å². The summed E-state index contributed by atoms with van der Waals surface area (Å²) in [5.74, 6) is -1.27. The number of hydrogen-bond acceptors (Lipinski definition) is 2. The van der Waals surface area contributed by atoms with E-state index in [9.17, 15) is 13.6 Å². The number of para-hydroxylation sites is 1. The third-order valence-electron chi connectivity index (χ3n) is 3.76. The van der Waals surface area contributed by atoms with E-state index in [0.717, 1.165) is 29.9 Å². The zero-order valence-corrected chi connectivity index (χ0v) is 11.3. The molecular weight excluding hydrogens is 274 g/mol. The summed E-state index contributed by atoms with van der Waals surface area (Å²) >= 11 is 0. The van der Waals surface area contributed by atoms with Crippen molar-refractivity contribution in [2.24, 2.45) is 0 Å². The molecule has 2 aromatic rings. The van der Waals surface area contributed by atoms with Crippen LogP contribution in [0.2, 0.25) is 0 Å². The van der Waals surface area contributed by atoms with Crippen molar-refractivity contribution >= 4 is 5.78 Å². The Labute approximate surface area is 121 Å². The van der Waals surface area contributed by atoms with Gasteiger partial charge in [-0.05, 0) is 42.2 Å². The average molecular weight is 288 g/mol. The van der Waals surface area contributed by atoms with Gasteiger partial charge in [0, 0.05) is 12.0 Å². The number of carbonyl (C=O) groups is 1. The van der Waals surface area contributed by atoms with Crippen LogP contribution in [0.15, 0.2) is 42.5 Å². The minimum Gasteiger partial charge on any atom is -0.493 e. The van der Waals surface area contributed by atoms with Gasteiger partial charge in [0.1, 0.15) is 5.75 Å². The molecule has 2 aromatic carbocycles. The second-order valence-electron chi connectivity index (χ2n) is 5.13. The molecule has 0 radical (unpaired) electrons. The molecule has 0 N–H and O–H groups in total. The Morgan fingerprint density at radius 2 is 1.95 bits per heavy atom. The van der Waals surface area contributed by atoms with Crippen LogP contribution in [0.1, 0.15) is 34.7 Å². The van der Waals surface area contributed by atoms with Gasteiger partial charge in [0.25, 0.3) is 0 Å². The standard InChI is InChI=1S/C17H14F2O2/c18-14-6-5-12(9-15(14)19)16(20)10-11-7-8-21-17-4-2-1-3-13(11)17/h1-6,9,11H,7-8,10H2. The Hall–Kier alpha value is -2.23. The van der Waals surface area contributed by atoms with Gasteiger partial charge in [-0.2, -0.15) is 0 Å². The molecule has 0 aromatic heterocycles. The summed E-state index contributed by atoms with van der Waals surface area (Å²) in [6, 6.07) is 10.9. The van der Waals surface area contributed by atoms with Gasteiger partial charge in [-0.25, -0.2) is 8.78 Å². The Bertz CT molecular complexity index is 682. The number of ketones is 1. The molecule has 108 valence electrons. The molecule has 0 saturated carbocycles. The summed E-state index contributed by atoms with van der Waals surface area (Å²) in [6.45, 7) is 0.562. The zero-order valence-electron chi connectivity index (χ0n) is 11.3. The molecule has 21 heavy (non-hydrogen) atoms. The van der Waals surface area contributed by atoms with Gasteiger partial charge < -0.3 is 4.74 Å². The highest BCUT2D eigenvalue weighted by Gasteiger charge is 2.24. The van der Waals surface area contributed by atoms with Crippen molar-refractivity contribution in [1.82, 2.24) is 0 Å². The first-order valence-corrected chi connectivity index (χ1v) is 6.85. The highest BCUT2D eigenvalue weighted by molar-refractivity contribution is 5.96. The maximum Gasteiger partial charge on any atom is 0.163 e. The monoisotopic (exact) mass is 288 g/mol. The Kier molecular flexibility index (Phi) is 3.69. The van der Waals surface area contributed by atoms with Crippen molar-refractivity contribution in [3.05, 3.63) is 65.2 Å². The fourth-order valence-corrected chi connectivity index (χ4v) is 2.64. The van der Waals surface area contributed by atoms with Gasteiger partial charge in [0.2, 0.25) is 0 Å². The third kappa shape index (κ3) is 2.79. The quantitative estimate of drug-likeness (QED) is 0.795. The molecule has 0 aliphatic carbocycles. The number of ether oxygens (including phenoxy) is 1. The number of fused-ring (bicyclic) bond motifs is 1. The lowest BCUT2D eigenvalue weighted by Gasteiger charge is -2.25. The predicted octanol–water partition coefficient (Wildman–Crippen LogP) is 4.10. The molecule has 1 unspecified atom stereocenters. The van der Waals surface area contributed by atoms with Crippen molar-refractivity contribution < 1.29 is 18.3 Å². The predicted molar refractivity (Wildman–Crippen MR) is 74.6 cm³/mol. The summed E-state index contributed by atoms with van der Waals surface area (Å²) in [5.41, 5.74) is 1.21. The normalized spacial score (nSPS) is 17.0. The lowest BCUT2D eigenvalue weighted by molar-refractivity contribution is 0.0965. The van der Waals surface area contributed by atoms with Crippen molar-refractivity contribution in [1.29, 1.82) is 0 Å². The molecule has 0 fully saturated rings. The second-order valence-corrected chi connectivity index (χ2v) is 5.13. The SMILES string of the molecule is O=C(CC1CCOc2ccccc21)c1ccc(F)c(F)c1. The number of Topliss-reactive ketones (excluding diaryl/α,β-unsaturated/α-hetero) is 1. The Morgan fingerprint density at radius 3 is 2.76 bits per heavy atom. The van der Waals surface area contributed by atoms with Crippen LogP contribution >= 0.6 is 0 Å². The number of benzene rings is 2. The molecule has 0 bridgehead atoms. The largest absolute Gasteiger partial charge is 0.493 e. The molecule has 2 nitrogen and oxygen atoms in total. The van der Waals surface area contributed by atoms with Crippen LogP contribution in [-0.4, -0.2) is 12.4 Å². The van der Waals surface area contributed by atoms with E-state index >= 15 is 0 Å². The summed E-state index contributed by atoms with van der Waals surface area (Å²) in [5, 5.41) is 0. The van der Waals surface area contributed by atoms with Gasteiger partial charge in [-0.15, -0.1) is 0 Å². The first kappa shape index (κ1) is 13.7. The number of carbonyl (C=O) groups excluding carboxylic acids is 1. The van der Waals surface area contributed by atoms with E-state index in [4.69, 9.17) is 4.74 Å². The minimum atomic E-state index is -0.992. The van der Waals surface area contributed by atoms with Crippen molar-refractivity contribution in [3.63, 3.8) is 0 Å². The van der Waals surface area contributed by atoms with Crippen molar-refractivity contribution in [3.8, 4) is 5.75 Å². The van der Waals surface area contributed by atoms with Gasteiger partial charge in [-0.1, -0.05) is 18.2 Å². The van der Waals surface area contributed by atoms with Gasteiger partial charge >= 0.3 is 0 Å². The Balaban J connectivity index is 1.81. The molecule has 4 heteroatoms. The lowest BCUT2D eigenvalue weighted by Crippen LogP contribution is -2.17. The van der Waals surface area contributed by atoms with Crippen molar-refractivity contribution in [2.75, 3.05) is 6.61 Å². The van der Waals surface area contributed by atoms with Crippen LogP contribution in [0.25, 0.3) is 0 Å². The Morgan fingerprint density at radius 1 is 1.14 bits per heavy atom. The van der Waals surface area contributed by atoms with Crippen molar-refractivity contribution in [2.45, 2.75) is 18.8 Å². The van der Waals surface area contributed by atoms with E-state index in [1.807, 2.05) is 24.3 Å². The van der Waals surface area contributed by atoms with Gasteiger partial charge in [0.15, 0.2) is 17.4 Å². The molecule has 1 aliphatic heterocycles. The minimum absolute atomic E-state index is 0.0514. The molecule has 0 spiro atoms. The maximum atomic E-state index is 13.2. The highest BCUT2D eigenvalue weighted by Crippen LogP contribution is 2.36. The summed E-state index contributed by atoms with van der Waals surface area (Å²) in [7, 11) is 0. The van der Waals surface area contributed by atoms with E-state index in [-0.39, 0.29) is 23.7 Å². The number of rotatable bonds is 3. The van der Waals surface area contributed by atoms with E-state index in [1.165, 1.54) is 6.07 Å². The van der Waals surface area contributed by atoms with E-state index in [1.54, 1.807) is 0 Å². The van der Waals surface area contributed by atoms with Gasteiger partial charge in [-0.3, -0.25) is 4.79 Å². The van der Waals surface area contributed by atoms with E-state index < -0.39 is 11.6 Å². The number of halogens is 2. The third-order valence-corrected chi connectivity index (χ3v) is 3.76. The molecule has 0 amide bonds. The maximum absolute atomic E-state index is 13.2. The average Bonchev–Trinajstić information content (AvgIpc) is 2.50. The molecular formula is C17H14F2O2.